The molecule has 0 aliphatic heterocycles. The van der Waals surface area contributed by atoms with Crippen molar-refractivity contribution in [3.05, 3.63) is 212 Å². The molecule has 0 saturated heterocycles. The van der Waals surface area contributed by atoms with Crippen LogP contribution < -0.4 is 9.80 Å². The van der Waals surface area contributed by atoms with E-state index in [1.54, 1.807) is 0 Å². The molecule has 11 aromatic rings. The molecule has 264 valence electrons. The van der Waals surface area contributed by atoms with E-state index < -0.39 is 0 Å². The van der Waals surface area contributed by atoms with Crippen LogP contribution in [0, 0.1) is 0 Å². The number of rotatable bonds is 7. The fourth-order valence-electron chi connectivity index (χ4n) is 8.39. The van der Waals surface area contributed by atoms with Gasteiger partial charge in [-0.05, 0) is 115 Å². The van der Waals surface area contributed by atoms with Gasteiger partial charge < -0.3 is 18.8 Å². The van der Waals surface area contributed by atoms with Crippen molar-refractivity contribution in [3.63, 3.8) is 0 Å². The molecule has 0 atom stereocenters. The molecule has 11 rings (SSSR count). The van der Waals surface area contributed by atoms with Gasteiger partial charge in [-0.2, -0.15) is 0 Å². The molecule has 0 radical (unpaired) electrons. The van der Waals surface area contributed by atoms with E-state index in [1.165, 1.54) is 21.8 Å². The summed E-state index contributed by atoms with van der Waals surface area (Å²) >= 11 is 0. The summed E-state index contributed by atoms with van der Waals surface area (Å²) in [6, 6.07) is 75.6. The topological polar surface area (TPSA) is 24.6 Å². The molecule has 4 heteroatoms. The van der Waals surface area contributed by atoms with Gasteiger partial charge in [-0.1, -0.05) is 103 Å². The summed E-state index contributed by atoms with van der Waals surface area (Å²) < 4.78 is 8.77. The molecule has 0 N–H and O–H groups in total. The van der Waals surface area contributed by atoms with Crippen LogP contribution in [0.3, 0.4) is 0 Å². The fourth-order valence-corrected chi connectivity index (χ4v) is 8.39. The van der Waals surface area contributed by atoms with Crippen LogP contribution >= 0.6 is 0 Å². The Morgan fingerprint density at radius 2 is 0.804 bits per heavy atom. The average Bonchev–Trinajstić information content (AvgIpc) is 3.81. The number of aromatic nitrogens is 1. The van der Waals surface area contributed by atoms with Gasteiger partial charge in [-0.3, -0.25) is 0 Å². The standard InChI is InChI=1S/C52H35N3O/c1-4-14-37(15-5-1)53(42-29-32-44-36(34-42)24-31-48-47-21-11-13-23-51(47)56-52(44)48)40-25-27-41(28-26-40)54(38-16-6-2-7-17-38)43-30-33-46-45-20-10-12-22-49(45)55(50(46)35-43)39-18-8-3-9-19-39/h1-35H. The number of hydrogen-bond donors (Lipinski definition) is 0. The third-order valence-corrected chi connectivity index (χ3v) is 10.9. The Labute approximate surface area is 324 Å². The maximum atomic E-state index is 6.39. The van der Waals surface area contributed by atoms with E-state index in [1.807, 2.05) is 12.1 Å². The van der Waals surface area contributed by atoms with Crippen molar-refractivity contribution in [1.82, 2.24) is 4.57 Å². The van der Waals surface area contributed by atoms with Crippen LogP contribution in [0.5, 0.6) is 0 Å². The maximum Gasteiger partial charge on any atom is 0.143 e. The monoisotopic (exact) mass is 717 g/mol. The van der Waals surface area contributed by atoms with Crippen molar-refractivity contribution in [2.24, 2.45) is 0 Å². The maximum absolute atomic E-state index is 6.39. The number of para-hydroxylation sites is 5. The first kappa shape index (κ1) is 31.9. The van der Waals surface area contributed by atoms with E-state index in [0.29, 0.717) is 0 Å². The molecule has 56 heavy (non-hydrogen) atoms. The SMILES string of the molecule is c1ccc(N(c2ccc(N(c3ccccc3)c3ccc4c5ccccc5n(-c5ccccc5)c4c3)cc2)c2ccc3c(ccc4c5ccccc5oc34)c2)cc1. The second-order valence-electron chi connectivity index (χ2n) is 14.2. The molecule has 4 nitrogen and oxygen atoms in total. The molecule has 0 aliphatic rings. The summed E-state index contributed by atoms with van der Waals surface area (Å²) in [5, 5.41) is 6.98. The van der Waals surface area contributed by atoms with Crippen molar-refractivity contribution < 1.29 is 4.42 Å². The minimum atomic E-state index is 0.910. The number of fused-ring (bicyclic) bond motifs is 8. The Bertz CT molecular complexity index is 3180. The van der Waals surface area contributed by atoms with Crippen molar-refractivity contribution in [2.45, 2.75) is 0 Å². The van der Waals surface area contributed by atoms with Crippen molar-refractivity contribution in [1.29, 1.82) is 0 Å². The van der Waals surface area contributed by atoms with E-state index in [-0.39, 0.29) is 0 Å². The Morgan fingerprint density at radius 3 is 1.48 bits per heavy atom. The molecular formula is C52H35N3O. The van der Waals surface area contributed by atoms with Crippen LogP contribution in [0.25, 0.3) is 60.2 Å². The van der Waals surface area contributed by atoms with Crippen LogP contribution in [0.1, 0.15) is 0 Å². The lowest BCUT2D eigenvalue weighted by molar-refractivity contribution is 0.672. The third kappa shape index (κ3) is 5.23. The molecule has 2 heterocycles. The number of nitrogens with zero attached hydrogens (tertiary/aromatic N) is 3. The van der Waals surface area contributed by atoms with Crippen LogP contribution in [-0.4, -0.2) is 4.57 Å². The summed E-state index contributed by atoms with van der Waals surface area (Å²) in [6.45, 7) is 0. The lowest BCUT2D eigenvalue weighted by Gasteiger charge is -2.28. The molecule has 0 bridgehead atoms. The van der Waals surface area contributed by atoms with Crippen molar-refractivity contribution >= 4 is 88.6 Å². The molecule has 0 saturated carbocycles. The molecule has 9 aromatic carbocycles. The highest BCUT2D eigenvalue weighted by Crippen LogP contribution is 2.43. The van der Waals surface area contributed by atoms with E-state index in [0.717, 1.165) is 72.5 Å². The second-order valence-corrected chi connectivity index (χ2v) is 14.2. The van der Waals surface area contributed by atoms with Gasteiger partial charge in [0.2, 0.25) is 0 Å². The summed E-state index contributed by atoms with van der Waals surface area (Å²) in [4.78, 5) is 4.67. The Hall–Kier alpha value is -7.56. The molecule has 0 aliphatic carbocycles. The van der Waals surface area contributed by atoms with Gasteiger partial charge in [-0.15, -0.1) is 0 Å². The minimum Gasteiger partial charge on any atom is -0.455 e. The zero-order valence-corrected chi connectivity index (χ0v) is 30.5. The summed E-state index contributed by atoms with van der Waals surface area (Å²) in [5.41, 5.74) is 11.8. The third-order valence-electron chi connectivity index (χ3n) is 10.9. The molecule has 0 amide bonds. The zero-order valence-electron chi connectivity index (χ0n) is 30.5. The van der Waals surface area contributed by atoms with Crippen molar-refractivity contribution in [2.75, 3.05) is 9.80 Å². The van der Waals surface area contributed by atoms with Gasteiger partial charge in [0.15, 0.2) is 0 Å². The predicted octanol–water partition coefficient (Wildman–Crippen LogP) is 14.8. The summed E-state index contributed by atoms with van der Waals surface area (Å²) in [7, 11) is 0. The van der Waals surface area contributed by atoms with E-state index in [2.05, 4.69) is 215 Å². The molecule has 0 unspecified atom stereocenters. The van der Waals surface area contributed by atoms with Crippen LogP contribution in [0.4, 0.5) is 34.1 Å². The molecule has 0 spiro atoms. The number of furan rings is 1. The van der Waals surface area contributed by atoms with E-state index in [9.17, 15) is 0 Å². The molecular weight excluding hydrogens is 683 g/mol. The Balaban J connectivity index is 1.03. The number of anilines is 6. The lowest BCUT2D eigenvalue weighted by Crippen LogP contribution is -2.12. The van der Waals surface area contributed by atoms with Gasteiger partial charge in [0, 0.05) is 66.7 Å². The van der Waals surface area contributed by atoms with Gasteiger partial charge in [0.05, 0.1) is 11.0 Å². The Morgan fingerprint density at radius 1 is 0.321 bits per heavy atom. The van der Waals surface area contributed by atoms with Crippen LogP contribution in [0.15, 0.2) is 217 Å². The van der Waals surface area contributed by atoms with Crippen LogP contribution in [-0.2, 0) is 0 Å². The highest BCUT2D eigenvalue weighted by Gasteiger charge is 2.19. The van der Waals surface area contributed by atoms with Gasteiger partial charge in [0.25, 0.3) is 0 Å². The molecule has 2 aromatic heterocycles. The first-order valence-corrected chi connectivity index (χ1v) is 19.0. The predicted molar refractivity (Wildman–Crippen MR) is 235 cm³/mol. The quantitative estimate of drug-likeness (QED) is 0.164. The van der Waals surface area contributed by atoms with Gasteiger partial charge in [-0.25, -0.2) is 0 Å². The number of hydrogen-bond acceptors (Lipinski definition) is 3. The van der Waals surface area contributed by atoms with E-state index in [4.69, 9.17) is 4.42 Å². The lowest BCUT2D eigenvalue weighted by atomic mass is 10.0. The number of benzene rings is 9. The van der Waals surface area contributed by atoms with E-state index >= 15 is 0 Å². The first-order valence-electron chi connectivity index (χ1n) is 19.0. The second kappa shape index (κ2) is 13.1. The van der Waals surface area contributed by atoms with Gasteiger partial charge in [0.1, 0.15) is 11.2 Å². The van der Waals surface area contributed by atoms with Crippen molar-refractivity contribution in [3.8, 4) is 5.69 Å². The Kier molecular flexibility index (Phi) is 7.46. The first-order chi connectivity index (χ1) is 27.8. The normalized spacial score (nSPS) is 11.6. The average molecular weight is 718 g/mol. The smallest absolute Gasteiger partial charge is 0.143 e. The summed E-state index contributed by atoms with van der Waals surface area (Å²) in [6.07, 6.45) is 0. The fraction of sp³-hybridized carbons (Fsp3) is 0. The molecule has 0 fully saturated rings. The highest BCUT2D eigenvalue weighted by atomic mass is 16.3. The summed E-state index contributed by atoms with van der Waals surface area (Å²) in [5.74, 6) is 0. The van der Waals surface area contributed by atoms with Crippen LogP contribution in [0.2, 0.25) is 0 Å². The largest absolute Gasteiger partial charge is 0.455 e. The minimum absolute atomic E-state index is 0.910. The van der Waals surface area contributed by atoms with Gasteiger partial charge >= 0.3 is 0 Å². The zero-order chi connectivity index (χ0) is 37.0. The highest BCUT2D eigenvalue weighted by molar-refractivity contribution is 6.15.